The Morgan fingerprint density at radius 1 is 1.45 bits per heavy atom. The molecule has 0 bridgehead atoms. The van der Waals surface area contributed by atoms with Crippen LogP contribution in [-0.4, -0.2) is 23.9 Å². The fourth-order valence-corrected chi connectivity index (χ4v) is 2.62. The van der Waals surface area contributed by atoms with Gasteiger partial charge in [0.15, 0.2) is 0 Å². The van der Waals surface area contributed by atoms with Crippen molar-refractivity contribution in [3.63, 3.8) is 0 Å². The largest absolute Gasteiger partial charge is 0.343 e. The number of rotatable bonds is 0. The highest BCUT2D eigenvalue weighted by Gasteiger charge is 2.45. The molecule has 0 spiro atoms. The Balaban J connectivity index is 2.23. The molecule has 1 heterocycles. The van der Waals surface area contributed by atoms with E-state index in [-0.39, 0.29) is 0 Å². The second-order valence-electron chi connectivity index (χ2n) is 3.89. The Morgan fingerprint density at radius 3 is 2.82 bits per heavy atom. The monoisotopic (exact) mass is 153 g/mol. The summed E-state index contributed by atoms with van der Waals surface area (Å²) in [7, 11) is 1.94. The normalized spacial score (nSPS) is 43.3. The first-order valence-electron chi connectivity index (χ1n) is 4.48. The van der Waals surface area contributed by atoms with Crippen molar-refractivity contribution < 1.29 is 4.79 Å². The Hall–Kier alpha value is -0.530. The van der Waals surface area contributed by atoms with E-state index >= 15 is 0 Å². The smallest absolute Gasteiger partial charge is 0.226 e. The van der Waals surface area contributed by atoms with Crippen molar-refractivity contribution in [3.8, 4) is 0 Å². The van der Waals surface area contributed by atoms with Crippen molar-refractivity contribution in [1.29, 1.82) is 0 Å². The van der Waals surface area contributed by atoms with E-state index < -0.39 is 0 Å². The molecule has 0 radical (unpaired) electrons. The van der Waals surface area contributed by atoms with E-state index in [1.54, 1.807) is 0 Å². The van der Waals surface area contributed by atoms with Crippen LogP contribution in [0.3, 0.4) is 0 Å². The van der Waals surface area contributed by atoms with Gasteiger partial charge in [-0.15, -0.1) is 0 Å². The molecule has 0 N–H and O–H groups in total. The number of carbonyl (C=O) groups is 1. The standard InChI is InChI=1S/C9H15NO/c1-6-7-4-3-5-8(7)9(11)10(6)2/h6-8H,3-5H2,1-2H3. The summed E-state index contributed by atoms with van der Waals surface area (Å²) < 4.78 is 0. The summed E-state index contributed by atoms with van der Waals surface area (Å²) in [5, 5.41) is 0. The van der Waals surface area contributed by atoms with E-state index in [9.17, 15) is 4.79 Å². The molecule has 3 unspecified atom stereocenters. The predicted molar refractivity (Wildman–Crippen MR) is 43.1 cm³/mol. The number of hydrogen-bond donors (Lipinski definition) is 0. The van der Waals surface area contributed by atoms with E-state index in [2.05, 4.69) is 6.92 Å². The molecule has 0 aromatic rings. The molecule has 0 aromatic carbocycles. The number of likely N-dealkylation sites (tertiary alicyclic amines) is 1. The van der Waals surface area contributed by atoms with Crippen molar-refractivity contribution in [2.45, 2.75) is 32.2 Å². The second-order valence-corrected chi connectivity index (χ2v) is 3.89. The highest BCUT2D eigenvalue weighted by atomic mass is 16.2. The number of amides is 1. The number of hydrogen-bond acceptors (Lipinski definition) is 1. The van der Waals surface area contributed by atoms with Crippen LogP contribution in [-0.2, 0) is 4.79 Å². The molecule has 0 aromatic heterocycles. The van der Waals surface area contributed by atoms with Crippen LogP contribution in [0.1, 0.15) is 26.2 Å². The maximum atomic E-state index is 11.5. The molecule has 2 nitrogen and oxygen atoms in total. The minimum atomic E-state index is 0.384. The van der Waals surface area contributed by atoms with Crippen LogP contribution >= 0.6 is 0 Å². The lowest BCUT2D eigenvalue weighted by Gasteiger charge is -2.18. The first-order valence-corrected chi connectivity index (χ1v) is 4.48. The zero-order valence-electron chi connectivity index (χ0n) is 7.21. The molecule has 2 heteroatoms. The molecule has 1 aliphatic heterocycles. The third-order valence-electron chi connectivity index (χ3n) is 3.46. The Labute approximate surface area is 67.6 Å². The minimum Gasteiger partial charge on any atom is -0.343 e. The molecule has 1 amide bonds. The van der Waals surface area contributed by atoms with E-state index in [1.165, 1.54) is 12.8 Å². The Kier molecular flexibility index (Phi) is 1.44. The van der Waals surface area contributed by atoms with Gasteiger partial charge in [0.05, 0.1) is 0 Å². The molecule has 1 saturated carbocycles. The average molecular weight is 153 g/mol. The first kappa shape index (κ1) is 7.14. The lowest BCUT2D eigenvalue weighted by Crippen LogP contribution is -2.29. The Morgan fingerprint density at radius 2 is 2.18 bits per heavy atom. The number of carbonyl (C=O) groups excluding carboxylic acids is 1. The molecule has 3 atom stereocenters. The highest BCUT2D eigenvalue weighted by molar-refractivity contribution is 5.82. The fourth-order valence-electron chi connectivity index (χ4n) is 2.62. The van der Waals surface area contributed by atoms with Gasteiger partial charge in [0.2, 0.25) is 5.91 Å². The lowest BCUT2D eigenvalue weighted by atomic mass is 9.95. The van der Waals surface area contributed by atoms with E-state index in [1.807, 2.05) is 11.9 Å². The van der Waals surface area contributed by atoms with E-state index in [4.69, 9.17) is 0 Å². The zero-order chi connectivity index (χ0) is 8.01. The van der Waals surface area contributed by atoms with Crippen LogP contribution in [0.4, 0.5) is 0 Å². The third kappa shape index (κ3) is 0.815. The van der Waals surface area contributed by atoms with Crippen molar-refractivity contribution in [2.75, 3.05) is 7.05 Å². The minimum absolute atomic E-state index is 0.384. The van der Waals surface area contributed by atoms with Gasteiger partial charge in [0, 0.05) is 19.0 Å². The third-order valence-corrected chi connectivity index (χ3v) is 3.46. The predicted octanol–water partition coefficient (Wildman–Crippen LogP) is 1.26. The maximum Gasteiger partial charge on any atom is 0.226 e. The van der Waals surface area contributed by atoms with Crippen LogP contribution in [0.15, 0.2) is 0 Å². The van der Waals surface area contributed by atoms with Crippen LogP contribution < -0.4 is 0 Å². The van der Waals surface area contributed by atoms with Gasteiger partial charge in [0.25, 0.3) is 0 Å². The van der Waals surface area contributed by atoms with Gasteiger partial charge in [-0.1, -0.05) is 6.42 Å². The topological polar surface area (TPSA) is 20.3 Å². The van der Waals surface area contributed by atoms with Crippen molar-refractivity contribution >= 4 is 5.91 Å². The molecule has 2 rings (SSSR count). The lowest BCUT2D eigenvalue weighted by molar-refractivity contribution is -0.130. The van der Waals surface area contributed by atoms with Crippen LogP contribution in [0.2, 0.25) is 0 Å². The molecule has 62 valence electrons. The SMILES string of the molecule is CC1C2CCCC2C(=O)N1C. The van der Waals surface area contributed by atoms with Gasteiger partial charge in [-0.3, -0.25) is 4.79 Å². The summed E-state index contributed by atoms with van der Waals surface area (Å²) in [6.45, 7) is 2.17. The molecular weight excluding hydrogens is 138 g/mol. The summed E-state index contributed by atoms with van der Waals surface area (Å²) in [5.41, 5.74) is 0. The summed E-state index contributed by atoms with van der Waals surface area (Å²) in [5.74, 6) is 1.45. The van der Waals surface area contributed by atoms with Gasteiger partial charge in [-0.25, -0.2) is 0 Å². The first-order chi connectivity index (χ1) is 5.22. The van der Waals surface area contributed by atoms with Gasteiger partial charge in [-0.05, 0) is 25.7 Å². The van der Waals surface area contributed by atoms with Gasteiger partial charge in [-0.2, -0.15) is 0 Å². The molecule has 11 heavy (non-hydrogen) atoms. The molecule has 1 saturated heterocycles. The number of fused-ring (bicyclic) bond motifs is 1. The Bertz CT molecular complexity index is 190. The van der Waals surface area contributed by atoms with E-state index in [0.29, 0.717) is 23.8 Å². The summed E-state index contributed by atoms with van der Waals surface area (Å²) in [6.07, 6.45) is 3.67. The molecular formula is C9H15NO. The fraction of sp³-hybridized carbons (Fsp3) is 0.889. The maximum absolute atomic E-state index is 11.5. The molecule has 2 fully saturated rings. The zero-order valence-corrected chi connectivity index (χ0v) is 7.21. The van der Waals surface area contributed by atoms with Gasteiger partial charge < -0.3 is 4.90 Å². The summed E-state index contributed by atoms with van der Waals surface area (Å²) in [4.78, 5) is 13.4. The second kappa shape index (κ2) is 2.23. The molecule has 1 aliphatic carbocycles. The van der Waals surface area contributed by atoms with Gasteiger partial charge in [0.1, 0.15) is 0 Å². The van der Waals surface area contributed by atoms with Crippen molar-refractivity contribution in [1.82, 2.24) is 4.90 Å². The van der Waals surface area contributed by atoms with Crippen molar-refractivity contribution in [3.05, 3.63) is 0 Å². The summed E-state index contributed by atoms with van der Waals surface area (Å²) >= 11 is 0. The summed E-state index contributed by atoms with van der Waals surface area (Å²) in [6, 6.07) is 0.495. The molecule has 2 aliphatic rings. The van der Waals surface area contributed by atoms with Crippen LogP contribution in [0.5, 0.6) is 0 Å². The van der Waals surface area contributed by atoms with Crippen LogP contribution in [0, 0.1) is 11.8 Å². The highest BCUT2D eigenvalue weighted by Crippen LogP contribution is 2.41. The van der Waals surface area contributed by atoms with Crippen LogP contribution in [0.25, 0.3) is 0 Å². The number of nitrogens with zero attached hydrogens (tertiary/aromatic N) is 1. The quantitative estimate of drug-likeness (QED) is 0.513. The van der Waals surface area contributed by atoms with Crippen molar-refractivity contribution in [2.24, 2.45) is 11.8 Å². The average Bonchev–Trinajstić information content (AvgIpc) is 2.53. The van der Waals surface area contributed by atoms with E-state index in [0.717, 1.165) is 6.42 Å². The van der Waals surface area contributed by atoms with Gasteiger partial charge >= 0.3 is 0 Å².